The van der Waals surface area contributed by atoms with Crippen molar-refractivity contribution in [1.82, 2.24) is 9.80 Å². The van der Waals surface area contributed by atoms with Gasteiger partial charge in [0.25, 0.3) is 5.91 Å². The zero-order valence-electron chi connectivity index (χ0n) is 15.7. The molecule has 2 saturated heterocycles. The zero-order chi connectivity index (χ0) is 19.5. The molecule has 2 aromatic rings. The van der Waals surface area contributed by atoms with Crippen molar-refractivity contribution in [1.29, 1.82) is 0 Å². The molecule has 0 unspecified atom stereocenters. The summed E-state index contributed by atoms with van der Waals surface area (Å²) in [6.07, 6.45) is 2.28. The van der Waals surface area contributed by atoms with Crippen LogP contribution in [0.15, 0.2) is 48.5 Å². The predicted molar refractivity (Wildman–Crippen MR) is 107 cm³/mol. The number of rotatable bonds is 4. The summed E-state index contributed by atoms with van der Waals surface area (Å²) < 4.78 is 20.0. The maximum Gasteiger partial charge on any atom is 0.254 e. The molecule has 148 valence electrons. The number of nitrogens with zero attached hydrogens (tertiary/aromatic N) is 2. The summed E-state index contributed by atoms with van der Waals surface area (Å²) in [6.45, 7) is 3.84. The van der Waals surface area contributed by atoms with E-state index in [-0.39, 0.29) is 28.6 Å². The van der Waals surface area contributed by atoms with E-state index in [4.69, 9.17) is 16.3 Å². The van der Waals surface area contributed by atoms with Crippen LogP contribution < -0.4 is 0 Å². The predicted octanol–water partition coefficient (Wildman–Crippen LogP) is 4.16. The standard InChI is InChI=1S/C22H24ClFN2O2/c23-18-12-17(13-19(24)14-18)22(27)26-10-11-28-20(15-25-8-4-5-9-25)21(26)16-6-2-1-3-7-16/h1-3,6-7,12-14,20-21H,4-5,8-11,15H2/t20-,21-/m0/s1. The van der Waals surface area contributed by atoms with Gasteiger partial charge in [-0.05, 0) is 49.7 Å². The molecule has 0 N–H and O–H groups in total. The number of hydrogen-bond acceptors (Lipinski definition) is 3. The summed E-state index contributed by atoms with van der Waals surface area (Å²) in [4.78, 5) is 17.5. The quantitative estimate of drug-likeness (QED) is 0.769. The van der Waals surface area contributed by atoms with Gasteiger partial charge in [-0.2, -0.15) is 0 Å². The first kappa shape index (κ1) is 19.4. The van der Waals surface area contributed by atoms with E-state index in [1.165, 1.54) is 31.0 Å². The lowest BCUT2D eigenvalue weighted by Crippen LogP contribution is -2.51. The monoisotopic (exact) mass is 402 g/mol. The Labute approximate surface area is 169 Å². The molecule has 28 heavy (non-hydrogen) atoms. The highest BCUT2D eigenvalue weighted by Crippen LogP contribution is 2.32. The Morgan fingerprint density at radius 2 is 1.86 bits per heavy atom. The highest BCUT2D eigenvalue weighted by Gasteiger charge is 2.38. The first-order chi connectivity index (χ1) is 13.6. The van der Waals surface area contributed by atoms with Gasteiger partial charge in [0, 0.05) is 23.7 Å². The molecule has 0 spiro atoms. The zero-order valence-corrected chi connectivity index (χ0v) is 16.4. The third kappa shape index (κ3) is 4.22. The van der Waals surface area contributed by atoms with E-state index in [0.717, 1.165) is 25.2 Å². The van der Waals surface area contributed by atoms with Crippen molar-refractivity contribution in [2.24, 2.45) is 0 Å². The highest BCUT2D eigenvalue weighted by molar-refractivity contribution is 6.31. The van der Waals surface area contributed by atoms with Crippen LogP contribution in [0.3, 0.4) is 0 Å². The largest absolute Gasteiger partial charge is 0.373 e. The molecule has 0 aromatic heterocycles. The number of benzene rings is 2. The molecular weight excluding hydrogens is 379 g/mol. The molecule has 2 heterocycles. The van der Waals surface area contributed by atoms with Gasteiger partial charge < -0.3 is 14.5 Å². The fourth-order valence-corrected chi connectivity index (χ4v) is 4.44. The maximum absolute atomic E-state index is 13.8. The molecule has 4 rings (SSSR count). The van der Waals surface area contributed by atoms with Crippen LogP contribution in [0.25, 0.3) is 0 Å². The van der Waals surface area contributed by atoms with Crippen molar-refractivity contribution < 1.29 is 13.9 Å². The first-order valence-corrected chi connectivity index (χ1v) is 10.2. The Morgan fingerprint density at radius 3 is 2.57 bits per heavy atom. The van der Waals surface area contributed by atoms with Gasteiger partial charge in [-0.3, -0.25) is 4.79 Å². The molecule has 2 atom stereocenters. The SMILES string of the molecule is O=C(c1cc(F)cc(Cl)c1)N1CCO[C@@H](CN2CCCC2)[C@@H]1c1ccccc1. The number of amides is 1. The van der Waals surface area contributed by atoms with E-state index in [9.17, 15) is 9.18 Å². The number of morpholine rings is 1. The van der Waals surface area contributed by atoms with Crippen LogP contribution in [0.1, 0.15) is 34.8 Å². The van der Waals surface area contributed by atoms with Crippen LogP contribution in [0.2, 0.25) is 5.02 Å². The lowest BCUT2D eigenvalue weighted by Gasteiger charge is -2.42. The first-order valence-electron chi connectivity index (χ1n) is 9.78. The van der Waals surface area contributed by atoms with Crippen molar-refractivity contribution in [3.63, 3.8) is 0 Å². The van der Waals surface area contributed by atoms with Gasteiger partial charge in [-0.15, -0.1) is 0 Å². The minimum atomic E-state index is -0.506. The van der Waals surface area contributed by atoms with Crippen molar-refractivity contribution in [2.45, 2.75) is 25.0 Å². The van der Waals surface area contributed by atoms with Crippen LogP contribution in [0, 0.1) is 5.82 Å². The minimum Gasteiger partial charge on any atom is -0.373 e. The van der Waals surface area contributed by atoms with E-state index in [1.807, 2.05) is 35.2 Å². The number of likely N-dealkylation sites (tertiary alicyclic amines) is 1. The molecule has 6 heteroatoms. The summed E-state index contributed by atoms with van der Waals surface area (Å²) in [5.41, 5.74) is 1.30. The molecule has 2 aliphatic heterocycles. The Morgan fingerprint density at radius 1 is 1.11 bits per heavy atom. The second kappa shape index (κ2) is 8.60. The van der Waals surface area contributed by atoms with E-state index in [0.29, 0.717) is 13.2 Å². The Hall–Kier alpha value is -1.95. The van der Waals surface area contributed by atoms with Crippen LogP contribution in [-0.2, 0) is 4.74 Å². The number of carbonyl (C=O) groups excluding carboxylic acids is 1. The topological polar surface area (TPSA) is 32.8 Å². The molecule has 0 aliphatic carbocycles. The molecule has 0 saturated carbocycles. The average Bonchev–Trinajstić information content (AvgIpc) is 3.20. The summed E-state index contributed by atoms with van der Waals surface area (Å²) in [5, 5.41) is 0.224. The van der Waals surface area contributed by atoms with E-state index in [2.05, 4.69) is 4.90 Å². The van der Waals surface area contributed by atoms with Gasteiger partial charge in [0.2, 0.25) is 0 Å². The average molecular weight is 403 g/mol. The lowest BCUT2D eigenvalue weighted by molar-refractivity contribution is -0.0707. The molecular formula is C22H24ClFN2O2. The van der Waals surface area contributed by atoms with Crippen LogP contribution >= 0.6 is 11.6 Å². The Balaban J connectivity index is 1.66. The van der Waals surface area contributed by atoms with Gasteiger partial charge in [-0.1, -0.05) is 41.9 Å². The summed E-state index contributed by atoms with van der Waals surface area (Å²) in [5.74, 6) is -0.723. The molecule has 2 fully saturated rings. The number of ether oxygens (including phenoxy) is 1. The van der Waals surface area contributed by atoms with Gasteiger partial charge in [0.05, 0.1) is 18.8 Å². The van der Waals surface area contributed by atoms with E-state index in [1.54, 1.807) is 0 Å². The normalized spacial score (nSPS) is 23.1. The maximum atomic E-state index is 13.8. The number of carbonyl (C=O) groups is 1. The fraction of sp³-hybridized carbons (Fsp3) is 0.409. The molecule has 2 aliphatic rings. The van der Waals surface area contributed by atoms with Crippen molar-refractivity contribution in [2.75, 3.05) is 32.8 Å². The molecule has 1 amide bonds. The fourth-order valence-electron chi connectivity index (χ4n) is 4.22. The summed E-state index contributed by atoms with van der Waals surface area (Å²) in [6, 6.07) is 13.7. The second-order valence-electron chi connectivity index (χ2n) is 7.43. The summed E-state index contributed by atoms with van der Waals surface area (Å²) in [7, 11) is 0. The molecule has 0 bridgehead atoms. The van der Waals surface area contributed by atoms with Crippen LogP contribution in [-0.4, -0.2) is 54.6 Å². The van der Waals surface area contributed by atoms with Gasteiger partial charge >= 0.3 is 0 Å². The second-order valence-corrected chi connectivity index (χ2v) is 7.87. The molecule has 4 nitrogen and oxygen atoms in total. The third-order valence-electron chi connectivity index (χ3n) is 5.50. The van der Waals surface area contributed by atoms with Gasteiger partial charge in [-0.25, -0.2) is 4.39 Å². The van der Waals surface area contributed by atoms with Crippen molar-refractivity contribution in [3.05, 3.63) is 70.5 Å². The van der Waals surface area contributed by atoms with Crippen LogP contribution in [0.5, 0.6) is 0 Å². The third-order valence-corrected chi connectivity index (χ3v) is 5.72. The number of hydrogen-bond donors (Lipinski definition) is 0. The Kier molecular flexibility index (Phi) is 5.95. The smallest absolute Gasteiger partial charge is 0.254 e. The van der Waals surface area contributed by atoms with Gasteiger partial charge in [0.15, 0.2) is 0 Å². The van der Waals surface area contributed by atoms with E-state index < -0.39 is 5.82 Å². The molecule has 2 aromatic carbocycles. The van der Waals surface area contributed by atoms with Gasteiger partial charge in [0.1, 0.15) is 5.82 Å². The van der Waals surface area contributed by atoms with Crippen molar-refractivity contribution in [3.8, 4) is 0 Å². The minimum absolute atomic E-state index is 0.123. The summed E-state index contributed by atoms with van der Waals surface area (Å²) >= 11 is 5.99. The number of halogens is 2. The van der Waals surface area contributed by atoms with E-state index >= 15 is 0 Å². The molecule has 0 radical (unpaired) electrons. The Bertz CT molecular complexity index is 806. The lowest BCUT2D eigenvalue weighted by atomic mass is 9.96. The highest BCUT2D eigenvalue weighted by atomic mass is 35.5. The van der Waals surface area contributed by atoms with Crippen molar-refractivity contribution >= 4 is 17.5 Å². The van der Waals surface area contributed by atoms with Crippen LogP contribution in [0.4, 0.5) is 4.39 Å².